The number of fused-ring (bicyclic) bond motifs is 1. The Morgan fingerprint density at radius 2 is 1.89 bits per heavy atom. The molecule has 2 heterocycles. The summed E-state index contributed by atoms with van der Waals surface area (Å²) < 4.78 is 5.20. The van der Waals surface area contributed by atoms with Crippen LogP contribution in [0.5, 0.6) is 5.75 Å². The van der Waals surface area contributed by atoms with Gasteiger partial charge in [0, 0.05) is 29.7 Å². The molecular formula is C23H25N3O2. The smallest absolute Gasteiger partial charge is 0.255 e. The largest absolute Gasteiger partial charge is 0.497 e. The van der Waals surface area contributed by atoms with Gasteiger partial charge in [0.05, 0.1) is 12.6 Å². The highest BCUT2D eigenvalue weighted by Crippen LogP contribution is 2.27. The van der Waals surface area contributed by atoms with Crippen LogP contribution in [0.25, 0.3) is 10.9 Å². The van der Waals surface area contributed by atoms with Crippen LogP contribution in [-0.4, -0.2) is 31.1 Å². The molecule has 5 nitrogen and oxygen atoms in total. The van der Waals surface area contributed by atoms with Crippen molar-refractivity contribution in [2.24, 2.45) is 0 Å². The molecule has 0 aliphatic carbocycles. The Hall–Kier alpha value is -3.08. The van der Waals surface area contributed by atoms with Crippen molar-refractivity contribution in [2.75, 3.05) is 30.4 Å². The summed E-state index contributed by atoms with van der Waals surface area (Å²) in [5.74, 6) is 1.56. The molecule has 1 N–H and O–H groups in total. The lowest BCUT2D eigenvalue weighted by molar-refractivity contribution is 0.102. The molecule has 1 aliphatic rings. The van der Waals surface area contributed by atoms with Gasteiger partial charge < -0.3 is 15.0 Å². The molecule has 1 saturated heterocycles. The molecule has 1 fully saturated rings. The normalized spacial score (nSPS) is 14.1. The highest BCUT2D eigenvalue weighted by atomic mass is 16.5. The van der Waals surface area contributed by atoms with Gasteiger partial charge in [-0.2, -0.15) is 0 Å². The third-order valence-corrected chi connectivity index (χ3v) is 5.27. The van der Waals surface area contributed by atoms with Gasteiger partial charge in [-0.05, 0) is 74.2 Å². The Balaban J connectivity index is 1.58. The van der Waals surface area contributed by atoms with E-state index < -0.39 is 0 Å². The highest BCUT2D eigenvalue weighted by Gasteiger charge is 2.14. The Bertz CT molecular complexity index is 1010. The fourth-order valence-corrected chi connectivity index (χ4v) is 3.71. The van der Waals surface area contributed by atoms with Crippen LogP contribution < -0.4 is 15.0 Å². The number of nitrogens with one attached hydrogen (secondary N) is 1. The van der Waals surface area contributed by atoms with E-state index in [9.17, 15) is 4.79 Å². The Labute approximate surface area is 165 Å². The van der Waals surface area contributed by atoms with Crippen LogP contribution in [0.1, 0.15) is 35.2 Å². The number of carbonyl (C=O) groups excluding carboxylic acids is 1. The molecule has 0 unspecified atom stereocenters. The summed E-state index contributed by atoms with van der Waals surface area (Å²) in [4.78, 5) is 19.8. The first-order chi connectivity index (χ1) is 13.6. The van der Waals surface area contributed by atoms with Crippen molar-refractivity contribution in [1.29, 1.82) is 0 Å². The Morgan fingerprint density at radius 1 is 1.07 bits per heavy atom. The number of hydrogen-bond donors (Lipinski definition) is 1. The summed E-state index contributed by atoms with van der Waals surface area (Å²) in [5.41, 5.74) is 3.45. The minimum atomic E-state index is -0.159. The second-order valence-electron chi connectivity index (χ2n) is 7.26. The molecule has 0 saturated carbocycles. The third-order valence-electron chi connectivity index (χ3n) is 5.27. The number of carbonyl (C=O) groups is 1. The maximum atomic E-state index is 12.6. The van der Waals surface area contributed by atoms with Gasteiger partial charge in [-0.1, -0.05) is 6.07 Å². The average Bonchev–Trinajstić information content (AvgIpc) is 2.74. The van der Waals surface area contributed by atoms with Gasteiger partial charge >= 0.3 is 0 Å². The van der Waals surface area contributed by atoms with Gasteiger partial charge in [0.1, 0.15) is 11.6 Å². The predicted molar refractivity (Wildman–Crippen MR) is 113 cm³/mol. The molecule has 5 heteroatoms. The summed E-state index contributed by atoms with van der Waals surface area (Å²) in [7, 11) is 1.59. The van der Waals surface area contributed by atoms with Crippen LogP contribution in [0.3, 0.4) is 0 Å². The van der Waals surface area contributed by atoms with Crippen molar-refractivity contribution in [3.63, 3.8) is 0 Å². The van der Waals surface area contributed by atoms with E-state index in [1.807, 2.05) is 30.3 Å². The first kappa shape index (κ1) is 18.3. The van der Waals surface area contributed by atoms with E-state index in [1.165, 1.54) is 24.8 Å². The van der Waals surface area contributed by atoms with Crippen molar-refractivity contribution < 1.29 is 9.53 Å². The lowest BCUT2D eigenvalue weighted by Crippen LogP contribution is -2.30. The van der Waals surface area contributed by atoms with E-state index in [1.54, 1.807) is 19.2 Å². The third kappa shape index (κ3) is 3.79. The van der Waals surface area contributed by atoms with Crippen LogP contribution in [0.15, 0.2) is 48.5 Å². The van der Waals surface area contributed by atoms with Crippen LogP contribution in [0, 0.1) is 6.92 Å². The quantitative estimate of drug-likeness (QED) is 0.712. The van der Waals surface area contributed by atoms with Crippen molar-refractivity contribution in [3.8, 4) is 5.75 Å². The number of aryl methyl sites for hydroxylation is 1. The summed E-state index contributed by atoms with van der Waals surface area (Å²) >= 11 is 0. The van der Waals surface area contributed by atoms with E-state index in [0.29, 0.717) is 11.3 Å². The monoisotopic (exact) mass is 375 g/mol. The number of hydrogen-bond acceptors (Lipinski definition) is 4. The first-order valence-electron chi connectivity index (χ1n) is 9.76. The maximum Gasteiger partial charge on any atom is 0.255 e. The van der Waals surface area contributed by atoms with E-state index in [0.717, 1.165) is 35.5 Å². The van der Waals surface area contributed by atoms with E-state index in [2.05, 4.69) is 23.2 Å². The van der Waals surface area contributed by atoms with Gasteiger partial charge in [-0.3, -0.25) is 4.79 Å². The number of amides is 1. The molecule has 0 bridgehead atoms. The minimum Gasteiger partial charge on any atom is -0.497 e. The molecule has 3 aromatic rings. The summed E-state index contributed by atoms with van der Waals surface area (Å²) in [6.07, 6.45) is 3.77. The molecule has 0 radical (unpaired) electrons. The predicted octanol–water partition coefficient (Wildman–Crippen LogP) is 4.79. The number of rotatable bonds is 4. The number of ether oxygens (including phenoxy) is 1. The van der Waals surface area contributed by atoms with E-state index >= 15 is 0 Å². The SMILES string of the molecule is COc1cccc(C(=O)Nc2ccc3nc(N4CCCCC4)cc(C)c3c2)c1. The van der Waals surface area contributed by atoms with Gasteiger partial charge in [-0.25, -0.2) is 4.98 Å². The lowest BCUT2D eigenvalue weighted by atomic mass is 10.1. The summed E-state index contributed by atoms with van der Waals surface area (Å²) in [5, 5.41) is 4.03. The molecular weight excluding hydrogens is 350 g/mol. The molecule has 1 aromatic heterocycles. The number of anilines is 2. The number of nitrogens with zero attached hydrogens (tertiary/aromatic N) is 2. The van der Waals surface area contributed by atoms with E-state index in [4.69, 9.17) is 9.72 Å². The average molecular weight is 375 g/mol. The lowest BCUT2D eigenvalue weighted by Gasteiger charge is -2.28. The molecule has 144 valence electrons. The second-order valence-corrected chi connectivity index (χ2v) is 7.26. The fourth-order valence-electron chi connectivity index (χ4n) is 3.71. The standard InChI is InChI=1S/C23H25N3O2/c1-16-13-22(26-11-4-3-5-12-26)25-21-10-9-18(15-20(16)21)24-23(27)17-7-6-8-19(14-17)28-2/h6-10,13-15H,3-5,11-12H2,1-2H3,(H,24,27). The number of aromatic nitrogens is 1. The second kappa shape index (κ2) is 7.89. The van der Waals surface area contributed by atoms with Crippen molar-refractivity contribution >= 4 is 28.3 Å². The minimum absolute atomic E-state index is 0.159. The van der Waals surface area contributed by atoms with Crippen LogP contribution in [0.2, 0.25) is 0 Å². The first-order valence-corrected chi connectivity index (χ1v) is 9.76. The number of piperidine rings is 1. The topological polar surface area (TPSA) is 54.5 Å². The van der Waals surface area contributed by atoms with Crippen LogP contribution in [0.4, 0.5) is 11.5 Å². The summed E-state index contributed by atoms with van der Waals surface area (Å²) in [6, 6.07) is 15.2. The van der Waals surface area contributed by atoms with Crippen molar-refractivity contribution in [1.82, 2.24) is 4.98 Å². The number of benzene rings is 2. The maximum absolute atomic E-state index is 12.6. The van der Waals surface area contributed by atoms with Crippen molar-refractivity contribution in [3.05, 3.63) is 59.7 Å². The van der Waals surface area contributed by atoms with Gasteiger partial charge in [-0.15, -0.1) is 0 Å². The molecule has 0 spiro atoms. The van der Waals surface area contributed by atoms with E-state index in [-0.39, 0.29) is 5.91 Å². The van der Waals surface area contributed by atoms with Gasteiger partial charge in [0.15, 0.2) is 0 Å². The zero-order chi connectivity index (χ0) is 19.5. The zero-order valence-corrected chi connectivity index (χ0v) is 16.4. The molecule has 4 rings (SSSR count). The molecule has 0 atom stereocenters. The molecule has 2 aromatic carbocycles. The Morgan fingerprint density at radius 3 is 2.68 bits per heavy atom. The fraction of sp³-hybridized carbons (Fsp3) is 0.304. The van der Waals surface area contributed by atoms with Gasteiger partial charge in [0.25, 0.3) is 5.91 Å². The molecule has 1 aliphatic heterocycles. The van der Waals surface area contributed by atoms with Crippen LogP contribution >= 0.6 is 0 Å². The summed E-state index contributed by atoms with van der Waals surface area (Å²) in [6.45, 7) is 4.25. The Kier molecular flexibility index (Phi) is 5.15. The van der Waals surface area contributed by atoms with Crippen LogP contribution in [-0.2, 0) is 0 Å². The number of pyridine rings is 1. The highest BCUT2D eigenvalue weighted by molar-refractivity contribution is 6.05. The van der Waals surface area contributed by atoms with Gasteiger partial charge in [0.2, 0.25) is 0 Å². The zero-order valence-electron chi connectivity index (χ0n) is 16.4. The number of methoxy groups -OCH3 is 1. The van der Waals surface area contributed by atoms with Crippen molar-refractivity contribution in [2.45, 2.75) is 26.2 Å². The molecule has 1 amide bonds. The molecule has 28 heavy (non-hydrogen) atoms.